The summed E-state index contributed by atoms with van der Waals surface area (Å²) in [6.07, 6.45) is 5.55. The molecule has 1 amide bonds. The number of nitrogens with zero attached hydrogens (tertiary/aromatic N) is 1. The zero-order valence-electron chi connectivity index (χ0n) is 13.6. The second kappa shape index (κ2) is 8.36. The highest BCUT2D eigenvalue weighted by Gasteiger charge is 2.34. The lowest BCUT2D eigenvalue weighted by Gasteiger charge is -2.18. The molecule has 1 atom stereocenters. The monoisotopic (exact) mass is 395 g/mol. The minimum Gasteiger partial charge on any atom is -0.488 e. The SMILES string of the molecule is C=CCOc1ccc(/C=C2\SC(=S)N(C[C@@H]3CCCO3)C2=O)cc1Cl. The predicted molar refractivity (Wildman–Crippen MR) is 106 cm³/mol. The molecule has 0 aromatic heterocycles. The summed E-state index contributed by atoms with van der Waals surface area (Å²) in [6, 6.07) is 5.41. The molecule has 2 heterocycles. The molecule has 0 spiro atoms. The van der Waals surface area contributed by atoms with Crippen molar-refractivity contribution in [3.05, 3.63) is 46.3 Å². The third-order valence-electron chi connectivity index (χ3n) is 3.89. The molecule has 0 bridgehead atoms. The van der Waals surface area contributed by atoms with Gasteiger partial charge in [0.05, 0.1) is 22.6 Å². The van der Waals surface area contributed by atoms with Crippen LogP contribution in [-0.4, -0.2) is 41.0 Å². The number of carbonyl (C=O) groups excluding carboxylic acids is 1. The highest BCUT2D eigenvalue weighted by Crippen LogP contribution is 2.34. The summed E-state index contributed by atoms with van der Waals surface area (Å²) >= 11 is 12.9. The van der Waals surface area contributed by atoms with E-state index in [-0.39, 0.29) is 12.0 Å². The number of amides is 1. The number of halogens is 1. The normalized spacial score (nSPS) is 22.0. The Bertz CT molecular complexity index is 729. The molecule has 2 saturated heterocycles. The number of ether oxygens (including phenoxy) is 2. The predicted octanol–water partition coefficient (Wildman–Crippen LogP) is 4.29. The Hall–Kier alpha value is -1.34. The minimum atomic E-state index is -0.0754. The number of hydrogen-bond acceptors (Lipinski definition) is 5. The molecule has 0 saturated carbocycles. The lowest BCUT2D eigenvalue weighted by Crippen LogP contribution is -2.35. The van der Waals surface area contributed by atoms with Gasteiger partial charge in [-0.3, -0.25) is 9.69 Å². The van der Waals surface area contributed by atoms with Crippen molar-refractivity contribution >= 4 is 51.9 Å². The van der Waals surface area contributed by atoms with Crippen molar-refractivity contribution in [2.24, 2.45) is 0 Å². The maximum Gasteiger partial charge on any atom is 0.266 e. The molecule has 1 aromatic rings. The second-order valence-corrected chi connectivity index (χ2v) is 7.80. The van der Waals surface area contributed by atoms with Gasteiger partial charge in [-0.05, 0) is 36.6 Å². The second-order valence-electron chi connectivity index (χ2n) is 5.72. The van der Waals surface area contributed by atoms with Crippen LogP contribution in [0.15, 0.2) is 35.8 Å². The Kier molecular flexibility index (Phi) is 6.17. The van der Waals surface area contributed by atoms with Crippen molar-refractivity contribution in [2.45, 2.75) is 18.9 Å². The van der Waals surface area contributed by atoms with Crippen molar-refractivity contribution in [2.75, 3.05) is 19.8 Å². The highest BCUT2D eigenvalue weighted by atomic mass is 35.5. The molecule has 0 radical (unpaired) electrons. The van der Waals surface area contributed by atoms with E-state index in [0.717, 1.165) is 25.0 Å². The fourth-order valence-corrected chi connectivity index (χ4v) is 4.19. The van der Waals surface area contributed by atoms with Gasteiger partial charge in [0.25, 0.3) is 5.91 Å². The molecule has 0 unspecified atom stereocenters. The lowest BCUT2D eigenvalue weighted by molar-refractivity contribution is -0.123. The number of thioether (sulfide) groups is 1. The number of thiocarbonyl (C=S) groups is 1. The van der Waals surface area contributed by atoms with E-state index in [1.54, 1.807) is 29.2 Å². The Labute approximate surface area is 161 Å². The number of carbonyl (C=O) groups is 1. The number of rotatable bonds is 6. The van der Waals surface area contributed by atoms with Crippen molar-refractivity contribution in [1.29, 1.82) is 0 Å². The fourth-order valence-electron chi connectivity index (χ4n) is 2.67. The molecular formula is C18H18ClNO3S2. The van der Waals surface area contributed by atoms with E-state index in [0.29, 0.717) is 33.1 Å². The first-order valence-corrected chi connectivity index (χ1v) is 9.59. The highest BCUT2D eigenvalue weighted by molar-refractivity contribution is 8.26. The maximum absolute atomic E-state index is 12.6. The van der Waals surface area contributed by atoms with Gasteiger partial charge in [0, 0.05) is 6.61 Å². The van der Waals surface area contributed by atoms with Crippen molar-refractivity contribution < 1.29 is 14.3 Å². The van der Waals surface area contributed by atoms with E-state index in [9.17, 15) is 4.79 Å². The van der Waals surface area contributed by atoms with Crippen molar-refractivity contribution in [1.82, 2.24) is 4.90 Å². The summed E-state index contributed by atoms with van der Waals surface area (Å²) in [5, 5.41) is 0.491. The Morgan fingerprint density at radius 1 is 1.52 bits per heavy atom. The van der Waals surface area contributed by atoms with Crippen LogP contribution in [0.1, 0.15) is 18.4 Å². The molecule has 2 aliphatic rings. The van der Waals surface area contributed by atoms with Gasteiger partial charge >= 0.3 is 0 Å². The molecule has 132 valence electrons. The van der Waals surface area contributed by atoms with Gasteiger partial charge in [-0.15, -0.1) is 0 Å². The molecule has 0 N–H and O–H groups in total. The average Bonchev–Trinajstić information content (AvgIpc) is 3.19. The van der Waals surface area contributed by atoms with Crippen LogP contribution < -0.4 is 4.74 Å². The minimum absolute atomic E-state index is 0.0754. The zero-order valence-corrected chi connectivity index (χ0v) is 16.0. The van der Waals surface area contributed by atoms with E-state index in [4.69, 9.17) is 33.3 Å². The van der Waals surface area contributed by atoms with Gasteiger partial charge in [-0.1, -0.05) is 54.3 Å². The Morgan fingerprint density at radius 3 is 3.04 bits per heavy atom. The van der Waals surface area contributed by atoms with Crippen LogP contribution in [0.4, 0.5) is 0 Å². The Morgan fingerprint density at radius 2 is 2.36 bits per heavy atom. The van der Waals surface area contributed by atoms with Gasteiger partial charge in [0.1, 0.15) is 16.7 Å². The van der Waals surface area contributed by atoms with Crippen LogP contribution in [-0.2, 0) is 9.53 Å². The molecule has 25 heavy (non-hydrogen) atoms. The summed E-state index contributed by atoms with van der Waals surface area (Å²) < 4.78 is 11.6. The van der Waals surface area contributed by atoms with Gasteiger partial charge in [-0.2, -0.15) is 0 Å². The molecule has 7 heteroatoms. The maximum atomic E-state index is 12.6. The summed E-state index contributed by atoms with van der Waals surface area (Å²) in [5.74, 6) is 0.512. The molecule has 2 fully saturated rings. The molecule has 4 nitrogen and oxygen atoms in total. The largest absolute Gasteiger partial charge is 0.488 e. The third-order valence-corrected chi connectivity index (χ3v) is 5.57. The first kappa shape index (κ1) is 18.5. The quantitative estimate of drug-likeness (QED) is 0.408. The fraction of sp³-hybridized carbons (Fsp3) is 0.333. The average molecular weight is 396 g/mol. The summed E-state index contributed by atoms with van der Waals surface area (Å²) in [6.45, 7) is 5.28. The van der Waals surface area contributed by atoms with Crippen LogP contribution in [0, 0.1) is 0 Å². The van der Waals surface area contributed by atoms with Crippen molar-refractivity contribution in [3.8, 4) is 5.75 Å². The Balaban J connectivity index is 1.72. The van der Waals surface area contributed by atoms with Crippen LogP contribution in [0.3, 0.4) is 0 Å². The van der Waals surface area contributed by atoms with Crippen LogP contribution in [0.5, 0.6) is 5.75 Å². The van der Waals surface area contributed by atoms with E-state index < -0.39 is 0 Å². The van der Waals surface area contributed by atoms with Gasteiger partial charge in [0.2, 0.25) is 0 Å². The summed E-state index contributed by atoms with van der Waals surface area (Å²) in [4.78, 5) is 14.9. The number of hydrogen-bond donors (Lipinski definition) is 0. The number of benzene rings is 1. The van der Waals surface area contributed by atoms with Crippen LogP contribution in [0.2, 0.25) is 5.02 Å². The molecule has 0 aliphatic carbocycles. The third kappa shape index (κ3) is 4.44. The van der Waals surface area contributed by atoms with E-state index >= 15 is 0 Å². The van der Waals surface area contributed by atoms with Gasteiger partial charge in [-0.25, -0.2) is 0 Å². The molecular weight excluding hydrogens is 378 g/mol. The van der Waals surface area contributed by atoms with Gasteiger partial charge in [0.15, 0.2) is 0 Å². The van der Waals surface area contributed by atoms with E-state index in [2.05, 4.69) is 6.58 Å². The standard InChI is InChI=1S/C18H18ClNO3S2/c1-2-7-23-15-6-5-12(9-14(15)19)10-16-17(21)20(18(24)25-16)11-13-4-3-8-22-13/h2,5-6,9-10,13H,1,3-4,7-8,11H2/b16-10-/t13-/m0/s1. The van der Waals surface area contributed by atoms with E-state index in [1.807, 2.05) is 6.07 Å². The smallest absolute Gasteiger partial charge is 0.266 e. The zero-order chi connectivity index (χ0) is 17.8. The first-order chi connectivity index (χ1) is 12.1. The molecule has 3 rings (SSSR count). The summed E-state index contributed by atoms with van der Waals surface area (Å²) in [7, 11) is 0. The lowest BCUT2D eigenvalue weighted by atomic mass is 10.2. The van der Waals surface area contributed by atoms with Crippen LogP contribution in [0.25, 0.3) is 6.08 Å². The van der Waals surface area contributed by atoms with Crippen molar-refractivity contribution in [3.63, 3.8) is 0 Å². The molecule has 2 aliphatic heterocycles. The topological polar surface area (TPSA) is 38.8 Å². The van der Waals surface area contributed by atoms with Crippen LogP contribution >= 0.6 is 35.6 Å². The molecule has 1 aromatic carbocycles. The first-order valence-electron chi connectivity index (χ1n) is 7.98. The summed E-state index contributed by atoms with van der Waals surface area (Å²) in [5.41, 5.74) is 0.827. The van der Waals surface area contributed by atoms with Gasteiger partial charge < -0.3 is 9.47 Å². The van der Waals surface area contributed by atoms with E-state index in [1.165, 1.54) is 11.8 Å².